The zero-order valence-corrected chi connectivity index (χ0v) is 10.7. The summed E-state index contributed by atoms with van der Waals surface area (Å²) in [4.78, 5) is 5.04. The minimum atomic E-state index is -0.0535. The highest BCUT2D eigenvalue weighted by Gasteiger charge is 2.31. The van der Waals surface area contributed by atoms with Crippen LogP contribution in [0.15, 0.2) is 0 Å². The van der Waals surface area contributed by atoms with E-state index >= 15 is 0 Å². The fourth-order valence-electron chi connectivity index (χ4n) is 3.18. The van der Waals surface area contributed by atoms with Gasteiger partial charge in [-0.25, -0.2) is 0 Å². The molecule has 1 heterocycles. The van der Waals surface area contributed by atoms with E-state index < -0.39 is 0 Å². The second-order valence-corrected chi connectivity index (χ2v) is 5.70. The predicted molar refractivity (Wildman–Crippen MR) is 66.5 cm³/mol. The van der Waals surface area contributed by atoms with Crippen molar-refractivity contribution in [3.05, 3.63) is 0 Å². The molecule has 0 aromatic rings. The molecule has 0 aromatic carbocycles. The molecular weight excluding hydrogens is 200 g/mol. The molecule has 3 heteroatoms. The quantitative estimate of drug-likeness (QED) is 0.727. The van der Waals surface area contributed by atoms with Gasteiger partial charge in [0.25, 0.3) is 0 Å². The molecule has 1 saturated heterocycles. The monoisotopic (exact) mass is 226 g/mol. The first kappa shape index (κ1) is 12.3. The molecule has 1 aliphatic heterocycles. The van der Waals surface area contributed by atoms with Crippen molar-refractivity contribution in [2.45, 2.75) is 44.8 Å². The Kier molecular flexibility index (Phi) is 4.22. The molecule has 94 valence electrons. The normalized spacial score (nSPS) is 39.6. The Bertz CT molecular complexity index is 222. The molecule has 0 radical (unpaired) electrons. The summed E-state index contributed by atoms with van der Waals surface area (Å²) in [5, 5.41) is 9.81. The van der Waals surface area contributed by atoms with Crippen LogP contribution in [-0.4, -0.2) is 60.3 Å². The summed E-state index contributed by atoms with van der Waals surface area (Å²) in [6.45, 7) is 7.15. The summed E-state index contributed by atoms with van der Waals surface area (Å²) < 4.78 is 0. The van der Waals surface area contributed by atoms with Crippen LogP contribution in [0.3, 0.4) is 0 Å². The van der Waals surface area contributed by atoms with Crippen molar-refractivity contribution >= 4 is 0 Å². The molecule has 1 N–H and O–H groups in total. The van der Waals surface area contributed by atoms with E-state index in [4.69, 9.17) is 0 Å². The van der Waals surface area contributed by atoms with Gasteiger partial charge in [-0.1, -0.05) is 6.92 Å². The van der Waals surface area contributed by atoms with Gasteiger partial charge < -0.3 is 10.0 Å². The number of likely N-dealkylation sites (N-methyl/N-ethyl adjacent to an activating group) is 1. The molecule has 0 spiro atoms. The minimum Gasteiger partial charge on any atom is -0.393 e. The van der Waals surface area contributed by atoms with Crippen molar-refractivity contribution in [1.82, 2.24) is 9.80 Å². The first-order chi connectivity index (χ1) is 7.66. The second kappa shape index (κ2) is 5.48. The Hall–Kier alpha value is -0.120. The lowest BCUT2D eigenvalue weighted by molar-refractivity contribution is 0.0341. The third-order valence-corrected chi connectivity index (χ3v) is 4.35. The van der Waals surface area contributed by atoms with Crippen LogP contribution < -0.4 is 0 Å². The summed E-state index contributed by atoms with van der Waals surface area (Å²) >= 11 is 0. The Balaban J connectivity index is 1.93. The number of aliphatic hydroxyl groups excluding tert-OH is 1. The van der Waals surface area contributed by atoms with Gasteiger partial charge in [0.05, 0.1) is 6.10 Å². The van der Waals surface area contributed by atoms with Crippen molar-refractivity contribution in [3.8, 4) is 0 Å². The molecule has 1 aliphatic carbocycles. The highest BCUT2D eigenvalue weighted by atomic mass is 16.3. The molecule has 0 bridgehead atoms. The largest absolute Gasteiger partial charge is 0.393 e. The topological polar surface area (TPSA) is 26.7 Å². The highest BCUT2D eigenvalue weighted by molar-refractivity contribution is 4.86. The highest BCUT2D eigenvalue weighted by Crippen LogP contribution is 2.28. The fraction of sp³-hybridized carbons (Fsp3) is 1.00. The smallest absolute Gasteiger partial charge is 0.0555 e. The van der Waals surface area contributed by atoms with Gasteiger partial charge in [-0.05, 0) is 51.7 Å². The van der Waals surface area contributed by atoms with Crippen LogP contribution in [-0.2, 0) is 0 Å². The third-order valence-electron chi connectivity index (χ3n) is 4.35. The van der Waals surface area contributed by atoms with Crippen LogP contribution in [0.25, 0.3) is 0 Å². The number of hydrogen-bond donors (Lipinski definition) is 1. The molecule has 0 amide bonds. The zero-order valence-electron chi connectivity index (χ0n) is 10.7. The van der Waals surface area contributed by atoms with Gasteiger partial charge in [0.1, 0.15) is 0 Å². The van der Waals surface area contributed by atoms with Gasteiger partial charge in [-0.15, -0.1) is 0 Å². The third kappa shape index (κ3) is 2.96. The van der Waals surface area contributed by atoms with E-state index in [-0.39, 0.29) is 6.10 Å². The second-order valence-electron chi connectivity index (χ2n) is 5.70. The Morgan fingerprint density at radius 1 is 1.06 bits per heavy atom. The van der Waals surface area contributed by atoms with E-state index in [1.54, 1.807) is 0 Å². The predicted octanol–water partition coefficient (Wildman–Crippen LogP) is 1.17. The lowest BCUT2D eigenvalue weighted by Crippen LogP contribution is -2.46. The Labute approximate surface area is 99.4 Å². The summed E-state index contributed by atoms with van der Waals surface area (Å²) in [5.74, 6) is 0.756. The average Bonchev–Trinajstić information content (AvgIpc) is 2.47. The van der Waals surface area contributed by atoms with Crippen LogP contribution in [0.1, 0.15) is 32.6 Å². The van der Waals surface area contributed by atoms with Gasteiger partial charge in [-0.3, -0.25) is 4.90 Å². The van der Waals surface area contributed by atoms with Crippen molar-refractivity contribution in [1.29, 1.82) is 0 Å². The first-order valence-electron chi connectivity index (χ1n) is 6.77. The summed E-state index contributed by atoms with van der Waals surface area (Å²) in [6.07, 6.45) is 4.41. The molecule has 3 atom stereocenters. The van der Waals surface area contributed by atoms with Gasteiger partial charge in [0.15, 0.2) is 0 Å². The number of hydrogen-bond acceptors (Lipinski definition) is 3. The van der Waals surface area contributed by atoms with Crippen molar-refractivity contribution in [3.63, 3.8) is 0 Å². The van der Waals surface area contributed by atoms with E-state index in [2.05, 4.69) is 23.8 Å². The maximum Gasteiger partial charge on any atom is 0.0555 e. The van der Waals surface area contributed by atoms with Crippen LogP contribution in [0, 0.1) is 5.92 Å². The van der Waals surface area contributed by atoms with Crippen molar-refractivity contribution in [2.75, 3.05) is 33.2 Å². The van der Waals surface area contributed by atoms with Gasteiger partial charge in [0, 0.05) is 19.1 Å². The number of aliphatic hydroxyl groups is 1. The lowest BCUT2D eigenvalue weighted by atomic mass is 9.83. The van der Waals surface area contributed by atoms with Crippen LogP contribution in [0.4, 0.5) is 0 Å². The molecule has 2 rings (SSSR count). The zero-order chi connectivity index (χ0) is 11.5. The van der Waals surface area contributed by atoms with E-state index in [0.717, 1.165) is 18.8 Å². The van der Waals surface area contributed by atoms with Crippen LogP contribution >= 0.6 is 0 Å². The maximum absolute atomic E-state index is 9.81. The lowest BCUT2D eigenvalue weighted by Gasteiger charge is -2.39. The summed E-state index contributed by atoms with van der Waals surface area (Å²) in [6, 6.07) is 0.621. The van der Waals surface area contributed by atoms with E-state index in [1.807, 2.05) is 0 Å². The fourth-order valence-corrected chi connectivity index (χ4v) is 3.18. The summed E-state index contributed by atoms with van der Waals surface area (Å²) in [5.41, 5.74) is 0. The molecule has 3 unspecified atom stereocenters. The SMILES string of the molecule is CC1CCC(O)CC1N1CCCN(C)CC1. The van der Waals surface area contributed by atoms with Crippen LogP contribution in [0.5, 0.6) is 0 Å². The van der Waals surface area contributed by atoms with Crippen LogP contribution in [0.2, 0.25) is 0 Å². The van der Waals surface area contributed by atoms with E-state index in [1.165, 1.54) is 39.0 Å². The van der Waals surface area contributed by atoms with Crippen molar-refractivity contribution in [2.24, 2.45) is 5.92 Å². The molecule has 16 heavy (non-hydrogen) atoms. The van der Waals surface area contributed by atoms with E-state index in [0.29, 0.717) is 6.04 Å². The Morgan fingerprint density at radius 3 is 2.69 bits per heavy atom. The molecule has 0 aromatic heterocycles. The standard InChI is InChI=1S/C13H26N2O/c1-11-4-5-12(16)10-13(11)15-7-3-6-14(2)8-9-15/h11-13,16H,3-10H2,1-2H3. The molecule has 1 saturated carbocycles. The number of nitrogens with zero attached hydrogens (tertiary/aromatic N) is 2. The van der Waals surface area contributed by atoms with Gasteiger partial charge in [-0.2, -0.15) is 0 Å². The Morgan fingerprint density at radius 2 is 1.88 bits per heavy atom. The van der Waals surface area contributed by atoms with Crippen molar-refractivity contribution < 1.29 is 5.11 Å². The first-order valence-corrected chi connectivity index (χ1v) is 6.77. The summed E-state index contributed by atoms with van der Waals surface area (Å²) in [7, 11) is 2.21. The van der Waals surface area contributed by atoms with Gasteiger partial charge in [0.2, 0.25) is 0 Å². The minimum absolute atomic E-state index is 0.0535. The number of rotatable bonds is 1. The van der Waals surface area contributed by atoms with E-state index in [9.17, 15) is 5.11 Å². The maximum atomic E-state index is 9.81. The molecule has 2 aliphatic rings. The molecule has 2 fully saturated rings. The average molecular weight is 226 g/mol. The molecule has 3 nitrogen and oxygen atoms in total. The van der Waals surface area contributed by atoms with Gasteiger partial charge >= 0.3 is 0 Å². The molecular formula is C13H26N2O.